The predicted molar refractivity (Wildman–Crippen MR) is 100 cm³/mol. The number of nitrogens with zero attached hydrogens (tertiary/aromatic N) is 3. The second-order valence-corrected chi connectivity index (χ2v) is 7.07. The first-order valence-corrected chi connectivity index (χ1v) is 9.11. The smallest absolute Gasteiger partial charge is 0.341 e. The fourth-order valence-electron chi connectivity index (χ4n) is 3.39. The van der Waals surface area contributed by atoms with Crippen molar-refractivity contribution in [2.45, 2.75) is 45.6 Å². The van der Waals surface area contributed by atoms with Gasteiger partial charge in [-0.15, -0.1) is 5.10 Å². The van der Waals surface area contributed by atoms with E-state index < -0.39 is 5.97 Å². The summed E-state index contributed by atoms with van der Waals surface area (Å²) in [6.07, 6.45) is 3.23. The van der Waals surface area contributed by atoms with Crippen molar-refractivity contribution >= 4 is 23.5 Å². The van der Waals surface area contributed by atoms with Crippen molar-refractivity contribution < 1.29 is 19.5 Å². The Kier molecular flexibility index (Phi) is 5.39. The van der Waals surface area contributed by atoms with Crippen LogP contribution in [0.25, 0.3) is 5.69 Å². The molecule has 1 aromatic heterocycles. The quantitative estimate of drug-likeness (QED) is 0.874. The average Bonchev–Trinajstić information content (AvgIpc) is 3.08. The van der Waals surface area contributed by atoms with Crippen molar-refractivity contribution in [2.24, 2.45) is 5.92 Å². The van der Waals surface area contributed by atoms with Gasteiger partial charge in [0.2, 0.25) is 5.91 Å². The highest BCUT2D eigenvalue weighted by Crippen LogP contribution is 2.29. The summed E-state index contributed by atoms with van der Waals surface area (Å²) in [6.45, 7) is 3.66. The minimum absolute atomic E-state index is 0.0206. The van der Waals surface area contributed by atoms with Crippen LogP contribution in [-0.2, 0) is 9.59 Å². The molecule has 0 spiro atoms. The highest BCUT2D eigenvalue weighted by Gasteiger charge is 2.34. The molecule has 0 saturated heterocycles. The molecule has 0 aliphatic heterocycles. The Labute approximate surface area is 157 Å². The number of rotatable bonds is 5. The summed E-state index contributed by atoms with van der Waals surface area (Å²) in [5.41, 5.74) is 0.693. The Morgan fingerprint density at radius 1 is 1.19 bits per heavy atom. The van der Waals surface area contributed by atoms with Crippen molar-refractivity contribution in [1.82, 2.24) is 9.78 Å². The van der Waals surface area contributed by atoms with Gasteiger partial charge >= 0.3 is 5.97 Å². The molecular weight excluding hydrogens is 346 g/mol. The number of benzene rings is 1. The van der Waals surface area contributed by atoms with Gasteiger partial charge in [0, 0.05) is 31.0 Å². The van der Waals surface area contributed by atoms with Crippen molar-refractivity contribution in [3.63, 3.8) is 0 Å². The van der Waals surface area contributed by atoms with Crippen molar-refractivity contribution in [1.29, 1.82) is 0 Å². The lowest BCUT2D eigenvalue weighted by Crippen LogP contribution is -2.43. The van der Waals surface area contributed by atoms with Crippen LogP contribution >= 0.6 is 0 Å². The van der Waals surface area contributed by atoms with E-state index in [0.717, 1.165) is 0 Å². The number of carbonyl (C=O) groups is 3. The molecule has 2 aromatic rings. The zero-order chi connectivity index (χ0) is 19.6. The van der Waals surface area contributed by atoms with Crippen LogP contribution in [0.3, 0.4) is 0 Å². The highest BCUT2D eigenvalue weighted by molar-refractivity contribution is 6.02. The predicted octanol–water partition coefficient (Wildman–Crippen LogP) is 3.07. The molecule has 0 radical (unpaired) electrons. The molecule has 1 amide bonds. The first kappa shape index (κ1) is 18.8. The number of hydrogen-bond acceptors (Lipinski definition) is 4. The van der Waals surface area contributed by atoms with E-state index in [4.69, 9.17) is 0 Å². The number of para-hydroxylation sites is 1. The van der Waals surface area contributed by atoms with E-state index in [0.29, 0.717) is 31.4 Å². The Morgan fingerprint density at radius 2 is 1.81 bits per heavy atom. The molecule has 3 rings (SSSR count). The summed E-state index contributed by atoms with van der Waals surface area (Å²) in [5.74, 6) is -1.27. The Hall–Kier alpha value is -2.96. The van der Waals surface area contributed by atoms with Gasteiger partial charge in [-0.05, 0) is 38.8 Å². The van der Waals surface area contributed by atoms with E-state index in [1.807, 2.05) is 44.2 Å². The maximum atomic E-state index is 13.1. The van der Waals surface area contributed by atoms with Crippen LogP contribution in [0.5, 0.6) is 0 Å². The lowest BCUT2D eigenvalue weighted by molar-refractivity contribution is -0.126. The number of aromatic nitrogens is 2. The highest BCUT2D eigenvalue weighted by atomic mass is 16.4. The van der Waals surface area contributed by atoms with Gasteiger partial charge in [0.05, 0.1) is 5.69 Å². The summed E-state index contributed by atoms with van der Waals surface area (Å²) >= 11 is 0. The molecule has 142 valence electrons. The van der Waals surface area contributed by atoms with Gasteiger partial charge in [0.25, 0.3) is 0 Å². The first-order valence-electron chi connectivity index (χ1n) is 9.11. The number of amides is 1. The Balaban J connectivity index is 1.99. The SMILES string of the molecule is CC(C)N(C(=O)C1CCC(=O)CC1)c1nn(-c2ccccc2)cc1C(=O)O. The average molecular weight is 369 g/mol. The van der Waals surface area contributed by atoms with E-state index in [1.54, 1.807) is 0 Å². The summed E-state index contributed by atoms with van der Waals surface area (Å²) in [5, 5.41) is 14.1. The van der Waals surface area contributed by atoms with Crippen LogP contribution < -0.4 is 4.90 Å². The standard InChI is InChI=1S/C20H23N3O4/c1-13(2)23(19(25)14-8-10-16(24)11-9-14)18-17(20(26)27)12-22(21-18)15-6-4-3-5-7-15/h3-7,12-14H,8-11H2,1-2H3,(H,26,27). The molecule has 0 unspecified atom stereocenters. The summed E-state index contributed by atoms with van der Waals surface area (Å²) in [6, 6.07) is 8.91. The summed E-state index contributed by atoms with van der Waals surface area (Å²) in [7, 11) is 0. The fraction of sp³-hybridized carbons (Fsp3) is 0.400. The fourth-order valence-corrected chi connectivity index (χ4v) is 3.39. The van der Waals surface area contributed by atoms with Crippen LogP contribution in [-0.4, -0.2) is 38.6 Å². The number of anilines is 1. The molecule has 7 heteroatoms. The molecule has 1 aromatic carbocycles. The molecule has 0 bridgehead atoms. The van der Waals surface area contributed by atoms with Gasteiger partial charge in [0.15, 0.2) is 5.82 Å². The molecule has 1 aliphatic carbocycles. The van der Waals surface area contributed by atoms with Gasteiger partial charge in [-0.25, -0.2) is 9.48 Å². The third-order valence-corrected chi connectivity index (χ3v) is 4.82. The number of hydrogen-bond donors (Lipinski definition) is 1. The van der Waals surface area contributed by atoms with E-state index in [-0.39, 0.29) is 35.0 Å². The van der Waals surface area contributed by atoms with Crippen molar-refractivity contribution in [3.05, 3.63) is 42.1 Å². The zero-order valence-corrected chi connectivity index (χ0v) is 15.5. The number of carboxylic acid groups (broad SMARTS) is 1. The minimum Gasteiger partial charge on any atom is -0.477 e. The Bertz CT molecular complexity index is 847. The molecule has 1 fully saturated rings. The van der Waals surface area contributed by atoms with Gasteiger partial charge in [-0.2, -0.15) is 0 Å². The second kappa shape index (κ2) is 7.73. The van der Waals surface area contributed by atoms with Gasteiger partial charge in [-0.3, -0.25) is 14.5 Å². The molecule has 1 saturated carbocycles. The number of aromatic carboxylic acids is 1. The Morgan fingerprint density at radius 3 is 2.37 bits per heavy atom. The molecule has 1 heterocycles. The third-order valence-electron chi connectivity index (χ3n) is 4.82. The number of Topliss-reactive ketones (excluding diaryl/α,β-unsaturated/α-hetero) is 1. The van der Waals surface area contributed by atoms with E-state index in [1.165, 1.54) is 15.8 Å². The topological polar surface area (TPSA) is 92.5 Å². The number of ketones is 1. The van der Waals surface area contributed by atoms with Crippen LogP contribution in [0.4, 0.5) is 5.82 Å². The number of carbonyl (C=O) groups excluding carboxylic acids is 2. The molecular formula is C20H23N3O4. The maximum Gasteiger partial charge on any atom is 0.341 e. The maximum absolute atomic E-state index is 13.1. The first-order chi connectivity index (χ1) is 12.9. The summed E-state index contributed by atoms with van der Waals surface area (Å²) in [4.78, 5) is 37.9. The molecule has 0 atom stereocenters. The molecule has 7 nitrogen and oxygen atoms in total. The van der Waals surface area contributed by atoms with E-state index in [2.05, 4.69) is 5.10 Å². The minimum atomic E-state index is -1.13. The van der Waals surface area contributed by atoms with Crippen LogP contribution in [0.1, 0.15) is 49.9 Å². The van der Waals surface area contributed by atoms with Crippen molar-refractivity contribution in [3.8, 4) is 5.69 Å². The van der Waals surface area contributed by atoms with Gasteiger partial charge in [-0.1, -0.05) is 18.2 Å². The third kappa shape index (κ3) is 3.92. The molecule has 27 heavy (non-hydrogen) atoms. The molecule has 1 N–H and O–H groups in total. The van der Waals surface area contributed by atoms with Gasteiger partial charge < -0.3 is 5.11 Å². The monoisotopic (exact) mass is 369 g/mol. The second-order valence-electron chi connectivity index (χ2n) is 7.07. The van der Waals surface area contributed by atoms with Crippen LogP contribution in [0.2, 0.25) is 0 Å². The van der Waals surface area contributed by atoms with Crippen LogP contribution in [0, 0.1) is 5.92 Å². The van der Waals surface area contributed by atoms with Crippen molar-refractivity contribution in [2.75, 3.05) is 4.90 Å². The number of carboxylic acids is 1. The van der Waals surface area contributed by atoms with Crippen LogP contribution in [0.15, 0.2) is 36.5 Å². The normalized spacial score (nSPS) is 15.1. The summed E-state index contributed by atoms with van der Waals surface area (Å²) < 4.78 is 1.48. The zero-order valence-electron chi connectivity index (χ0n) is 15.5. The lowest BCUT2D eigenvalue weighted by Gasteiger charge is -2.30. The lowest BCUT2D eigenvalue weighted by atomic mass is 9.87. The largest absolute Gasteiger partial charge is 0.477 e. The van der Waals surface area contributed by atoms with Gasteiger partial charge in [0.1, 0.15) is 11.3 Å². The van der Waals surface area contributed by atoms with E-state index in [9.17, 15) is 19.5 Å². The van der Waals surface area contributed by atoms with E-state index >= 15 is 0 Å². The molecule has 1 aliphatic rings.